The Hall–Kier alpha value is -2.31. The molecule has 0 bridgehead atoms. The van der Waals surface area contributed by atoms with Crippen LogP contribution in [0.15, 0.2) is 12.3 Å². The number of aryl methyl sites for hydroxylation is 2. The highest BCUT2D eigenvalue weighted by Gasteiger charge is 2.10. The minimum atomic E-state index is -0.490. The van der Waals surface area contributed by atoms with Gasteiger partial charge in [0.2, 0.25) is 0 Å². The number of carbonyl (C=O) groups is 1. The summed E-state index contributed by atoms with van der Waals surface area (Å²) in [6.07, 6.45) is 1.81. The fourth-order valence-corrected chi connectivity index (χ4v) is 1.69. The molecular weight excluding hydrogens is 232 g/mol. The van der Waals surface area contributed by atoms with Crippen molar-refractivity contribution in [2.45, 2.75) is 13.5 Å². The van der Waals surface area contributed by atoms with Gasteiger partial charge in [0.25, 0.3) is 5.91 Å². The van der Waals surface area contributed by atoms with Gasteiger partial charge >= 0.3 is 0 Å². The third-order valence-corrected chi connectivity index (χ3v) is 2.93. The van der Waals surface area contributed by atoms with Gasteiger partial charge in [0.1, 0.15) is 11.5 Å². The fourth-order valence-electron chi connectivity index (χ4n) is 1.69. The molecule has 2 aromatic heterocycles. The number of nitrogens with zero attached hydrogens (tertiary/aromatic N) is 4. The Balaban J connectivity index is 2.09. The Bertz CT molecular complexity index is 582. The van der Waals surface area contributed by atoms with Crippen LogP contribution < -0.4 is 11.1 Å². The van der Waals surface area contributed by atoms with Crippen molar-refractivity contribution >= 4 is 11.7 Å². The maximum absolute atomic E-state index is 11.1. The number of anilines is 1. The molecule has 0 fully saturated rings. The highest BCUT2D eigenvalue weighted by atomic mass is 16.1. The lowest BCUT2D eigenvalue weighted by Crippen LogP contribution is -2.15. The van der Waals surface area contributed by atoms with E-state index < -0.39 is 5.91 Å². The standard InChI is InChI=1S/C11H16N6O/c1-7-8(6-14-16(7)2)5-13-10-4-9(11(12)18)17(3)15-10/h4,6H,5H2,1-3H3,(H2,12,18)(H,13,15). The van der Waals surface area contributed by atoms with Gasteiger partial charge in [0.15, 0.2) is 0 Å². The molecule has 0 aliphatic heterocycles. The maximum Gasteiger partial charge on any atom is 0.267 e. The lowest BCUT2D eigenvalue weighted by Gasteiger charge is -2.02. The summed E-state index contributed by atoms with van der Waals surface area (Å²) in [5.74, 6) is 0.130. The molecule has 2 rings (SSSR count). The Morgan fingerprint density at radius 1 is 1.44 bits per heavy atom. The molecule has 1 amide bonds. The van der Waals surface area contributed by atoms with Gasteiger partial charge in [-0.3, -0.25) is 14.2 Å². The molecule has 96 valence electrons. The zero-order chi connectivity index (χ0) is 13.3. The Morgan fingerprint density at radius 2 is 2.17 bits per heavy atom. The monoisotopic (exact) mass is 248 g/mol. The molecule has 0 atom stereocenters. The third kappa shape index (κ3) is 2.20. The van der Waals surface area contributed by atoms with E-state index in [1.165, 1.54) is 4.68 Å². The average molecular weight is 248 g/mol. The van der Waals surface area contributed by atoms with Crippen LogP contribution in [0.1, 0.15) is 21.7 Å². The molecule has 2 aromatic rings. The van der Waals surface area contributed by atoms with E-state index in [0.29, 0.717) is 18.1 Å². The van der Waals surface area contributed by atoms with Crippen LogP contribution in [0, 0.1) is 6.92 Å². The normalized spacial score (nSPS) is 10.6. The van der Waals surface area contributed by atoms with Crippen LogP contribution in [-0.2, 0) is 20.6 Å². The predicted octanol–water partition coefficient (Wildman–Crippen LogP) is 0.173. The molecule has 0 saturated carbocycles. The third-order valence-electron chi connectivity index (χ3n) is 2.93. The van der Waals surface area contributed by atoms with Crippen LogP contribution in [-0.4, -0.2) is 25.5 Å². The summed E-state index contributed by atoms with van der Waals surface area (Å²) in [4.78, 5) is 11.1. The van der Waals surface area contributed by atoms with E-state index in [2.05, 4.69) is 15.5 Å². The van der Waals surface area contributed by atoms with Crippen molar-refractivity contribution in [3.63, 3.8) is 0 Å². The molecule has 7 heteroatoms. The second-order valence-electron chi connectivity index (χ2n) is 4.14. The largest absolute Gasteiger partial charge is 0.364 e. The number of primary amides is 1. The van der Waals surface area contributed by atoms with Gasteiger partial charge in [0.05, 0.1) is 6.20 Å². The number of rotatable bonds is 4. The summed E-state index contributed by atoms with van der Waals surface area (Å²) >= 11 is 0. The first-order valence-corrected chi connectivity index (χ1v) is 5.54. The quantitative estimate of drug-likeness (QED) is 0.807. The molecule has 7 nitrogen and oxygen atoms in total. The molecule has 0 aliphatic carbocycles. The fraction of sp³-hybridized carbons (Fsp3) is 0.364. The van der Waals surface area contributed by atoms with E-state index in [1.807, 2.05) is 18.7 Å². The molecule has 0 unspecified atom stereocenters. The summed E-state index contributed by atoms with van der Waals surface area (Å²) in [7, 11) is 3.57. The first-order valence-electron chi connectivity index (χ1n) is 5.54. The Morgan fingerprint density at radius 3 is 2.67 bits per heavy atom. The van der Waals surface area contributed by atoms with Crippen molar-refractivity contribution in [2.75, 3.05) is 5.32 Å². The number of nitrogens with one attached hydrogen (secondary N) is 1. The lowest BCUT2D eigenvalue weighted by atomic mass is 10.2. The average Bonchev–Trinajstić information content (AvgIpc) is 2.82. The summed E-state index contributed by atoms with van der Waals surface area (Å²) in [6.45, 7) is 2.60. The van der Waals surface area contributed by atoms with Gasteiger partial charge in [0, 0.05) is 38.0 Å². The smallest absolute Gasteiger partial charge is 0.267 e. The van der Waals surface area contributed by atoms with Crippen LogP contribution in [0.4, 0.5) is 5.82 Å². The highest BCUT2D eigenvalue weighted by molar-refractivity contribution is 5.91. The van der Waals surface area contributed by atoms with Crippen LogP contribution >= 0.6 is 0 Å². The van der Waals surface area contributed by atoms with Crippen LogP contribution in [0.25, 0.3) is 0 Å². The summed E-state index contributed by atoms with van der Waals surface area (Å²) in [5.41, 5.74) is 7.78. The topological polar surface area (TPSA) is 90.8 Å². The zero-order valence-corrected chi connectivity index (χ0v) is 10.6. The number of hydrogen-bond donors (Lipinski definition) is 2. The molecule has 3 N–H and O–H groups in total. The number of carbonyl (C=O) groups excluding carboxylic acids is 1. The minimum absolute atomic E-state index is 0.375. The molecular formula is C11H16N6O. The SMILES string of the molecule is Cc1c(CNc2cc(C(N)=O)n(C)n2)cnn1C. The van der Waals surface area contributed by atoms with Crippen LogP contribution in [0.5, 0.6) is 0 Å². The molecule has 18 heavy (non-hydrogen) atoms. The molecule has 0 radical (unpaired) electrons. The number of aromatic nitrogens is 4. The van der Waals surface area contributed by atoms with E-state index in [-0.39, 0.29) is 0 Å². The van der Waals surface area contributed by atoms with Gasteiger partial charge in [-0.25, -0.2) is 0 Å². The Labute approximate surface area is 105 Å². The van der Waals surface area contributed by atoms with E-state index >= 15 is 0 Å². The highest BCUT2D eigenvalue weighted by Crippen LogP contribution is 2.11. The second-order valence-corrected chi connectivity index (χ2v) is 4.14. The summed E-state index contributed by atoms with van der Waals surface area (Å²) in [5, 5.41) is 11.5. The van der Waals surface area contributed by atoms with Crippen molar-refractivity contribution in [3.8, 4) is 0 Å². The van der Waals surface area contributed by atoms with Gasteiger partial charge in [-0.15, -0.1) is 0 Å². The first kappa shape index (κ1) is 12.2. The maximum atomic E-state index is 11.1. The van der Waals surface area contributed by atoms with Crippen molar-refractivity contribution in [1.82, 2.24) is 19.6 Å². The van der Waals surface area contributed by atoms with E-state index in [4.69, 9.17) is 5.73 Å². The summed E-state index contributed by atoms with van der Waals surface area (Å²) < 4.78 is 3.27. The number of hydrogen-bond acceptors (Lipinski definition) is 4. The van der Waals surface area contributed by atoms with E-state index in [1.54, 1.807) is 19.3 Å². The molecule has 2 heterocycles. The second kappa shape index (κ2) is 4.52. The van der Waals surface area contributed by atoms with E-state index in [9.17, 15) is 4.79 Å². The van der Waals surface area contributed by atoms with Crippen molar-refractivity contribution in [1.29, 1.82) is 0 Å². The van der Waals surface area contributed by atoms with Gasteiger partial charge in [-0.2, -0.15) is 10.2 Å². The molecule has 0 aliphatic rings. The molecule has 0 aromatic carbocycles. The van der Waals surface area contributed by atoms with Crippen molar-refractivity contribution in [2.24, 2.45) is 19.8 Å². The molecule has 0 spiro atoms. The minimum Gasteiger partial charge on any atom is -0.364 e. The Kier molecular flexibility index (Phi) is 3.05. The number of amides is 1. The van der Waals surface area contributed by atoms with E-state index in [0.717, 1.165) is 11.3 Å². The zero-order valence-electron chi connectivity index (χ0n) is 10.6. The number of nitrogens with two attached hydrogens (primary N) is 1. The van der Waals surface area contributed by atoms with Crippen LogP contribution in [0.3, 0.4) is 0 Å². The molecule has 0 saturated heterocycles. The van der Waals surface area contributed by atoms with Crippen molar-refractivity contribution in [3.05, 3.63) is 29.2 Å². The van der Waals surface area contributed by atoms with Crippen LogP contribution in [0.2, 0.25) is 0 Å². The summed E-state index contributed by atoms with van der Waals surface area (Å²) in [6, 6.07) is 1.63. The van der Waals surface area contributed by atoms with Crippen molar-refractivity contribution < 1.29 is 4.79 Å². The first-order chi connectivity index (χ1) is 8.49. The predicted molar refractivity (Wildman–Crippen MR) is 67.0 cm³/mol. The van der Waals surface area contributed by atoms with Gasteiger partial charge < -0.3 is 11.1 Å². The lowest BCUT2D eigenvalue weighted by molar-refractivity contribution is 0.0991. The van der Waals surface area contributed by atoms with Gasteiger partial charge in [-0.05, 0) is 6.92 Å². The van der Waals surface area contributed by atoms with Gasteiger partial charge in [-0.1, -0.05) is 0 Å².